The number of benzene rings is 3. The lowest BCUT2D eigenvalue weighted by Gasteiger charge is -2.13. The molecule has 0 atom stereocenters. The van der Waals surface area contributed by atoms with Crippen LogP contribution in [0.4, 0.5) is 22.7 Å². The zero-order valence-corrected chi connectivity index (χ0v) is 17.6. The fourth-order valence-electron chi connectivity index (χ4n) is 2.29. The lowest BCUT2D eigenvalue weighted by atomic mass is 10.3. The third kappa shape index (κ3) is 6.35. The summed E-state index contributed by atoms with van der Waals surface area (Å²) in [5.74, 6) is 0. The summed E-state index contributed by atoms with van der Waals surface area (Å²) in [5, 5.41) is 14.8. The number of hydrogen-bond acceptors (Lipinski definition) is 2. The van der Waals surface area contributed by atoms with Gasteiger partial charge in [0.2, 0.25) is 0 Å². The van der Waals surface area contributed by atoms with Crippen LogP contribution in [-0.4, -0.2) is 10.2 Å². The molecule has 4 nitrogen and oxygen atoms in total. The van der Waals surface area contributed by atoms with E-state index in [-0.39, 0.29) is 0 Å². The Bertz CT molecular complexity index is 879. The van der Waals surface area contributed by atoms with Crippen molar-refractivity contribution in [3.05, 3.63) is 82.8 Å². The van der Waals surface area contributed by atoms with E-state index in [2.05, 4.69) is 21.3 Å². The smallest absolute Gasteiger partial charge is 0.175 e. The van der Waals surface area contributed by atoms with Crippen LogP contribution in [0.3, 0.4) is 0 Å². The zero-order valence-electron chi connectivity index (χ0n) is 14.5. The summed E-state index contributed by atoms with van der Waals surface area (Å²) >= 11 is 22.4. The molecular formula is C20H16Cl2N4S2. The summed E-state index contributed by atoms with van der Waals surface area (Å²) in [6, 6.07) is 22.3. The molecule has 142 valence electrons. The number of thiocarbonyl (C=S) groups is 2. The highest BCUT2D eigenvalue weighted by Gasteiger charge is 2.02. The average molecular weight is 447 g/mol. The van der Waals surface area contributed by atoms with E-state index in [1.807, 2.05) is 48.5 Å². The van der Waals surface area contributed by atoms with Gasteiger partial charge in [0.1, 0.15) is 0 Å². The minimum absolute atomic E-state index is 0.489. The largest absolute Gasteiger partial charge is 0.332 e. The molecule has 0 spiro atoms. The molecule has 3 aromatic carbocycles. The van der Waals surface area contributed by atoms with E-state index in [9.17, 15) is 0 Å². The molecule has 3 aromatic rings. The van der Waals surface area contributed by atoms with Gasteiger partial charge in [-0.2, -0.15) is 0 Å². The monoisotopic (exact) mass is 446 g/mol. The third-order valence-electron chi connectivity index (χ3n) is 3.60. The summed E-state index contributed by atoms with van der Waals surface area (Å²) in [6.45, 7) is 0. The lowest BCUT2D eigenvalue weighted by molar-refractivity contribution is 1.57. The van der Waals surface area contributed by atoms with Gasteiger partial charge in [0.25, 0.3) is 0 Å². The van der Waals surface area contributed by atoms with Crippen molar-refractivity contribution in [3.63, 3.8) is 0 Å². The highest BCUT2D eigenvalue weighted by Crippen LogP contribution is 2.17. The summed E-state index contributed by atoms with van der Waals surface area (Å²) in [4.78, 5) is 0. The van der Waals surface area contributed by atoms with Crippen molar-refractivity contribution in [1.82, 2.24) is 0 Å². The Morgan fingerprint density at radius 3 is 0.929 bits per heavy atom. The molecular weight excluding hydrogens is 431 g/mol. The van der Waals surface area contributed by atoms with Crippen LogP contribution in [0.15, 0.2) is 72.8 Å². The molecule has 3 rings (SSSR count). The second kappa shape index (κ2) is 9.71. The second-order valence-electron chi connectivity index (χ2n) is 5.75. The van der Waals surface area contributed by atoms with E-state index in [0.717, 1.165) is 22.7 Å². The highest BCUT2D eigenvalue weighted by molar-refractivity contribution is 7.81. The standard InChI is InChI=1S/C20H16Cl2N4S2/c21-13-1-5-15(6-2-13)23-19(27)25-17-9-11-18(12-10-17)26-20(28)24-16-7-3-14(22)4-8-16/h1-12H,(H2,23,25,27)(H2,24,26,28). The Kier molecular flexibility index (Phi) is 7.06. The molecule has 28 heavy (non-hydrogen) atoms. The van der Waals surface area contributed by atoms with Crippen LogP contribution in [0.25, 0.3) is 0 Å². The molecule has 0 unspecified atom stereocenters. The summed E-state index contributed by atoms with van der Waals surface area (Å²) in [6.07, 6.45) is 0. The molecule has 0 heterocycles. The van der Waals surface area contributed by atoms with Gasteiger partial charge in [-0.15, -0.1) is 0 Å². The topological polar surface area (TPSA) is 48.1 Å². The van der Waals surface area contributed by atoms with Gasteiger partial charge in [0.15, 0.2) is 10.2 Å². The van der Waals surface area contributed by atoms with Crippen molar-refractivity contribution >= 4 is 80.6 Å². The molecule has 0 aliphatic rings. The Labute approximate surface area is 184 Å². The van der Waals surface area contributed by atoms with Gasteiger partial charge in [-0.3, -0.25) is 0 Å². The Morgan fingerprint density at radius 1 is 0.464 bits per heavy atom. The molecule has 0 amide bonds. The van der Waals surface area contributed by atoms with Gasteiger partial charge in [0, 0.05) is 32.8 Å². The first-order chi connectivity index (χ1) is 13.5. The number of hydrogen-bond donors (Lipinski definition) is 4. The van der Waals surface area contributed by atoms with E-state index in [4.69, 9.17) is 47.6 Å². The third-order valence-corrected chi connectivity index (χ3v) is 4.52. The van der Waals surface area contributed by atoms with Crippen molar-refractivity contribution < 1.29 is 0 Å². The molecule has 0 radical (unpaired) electrons. The quantitative estimate of drug-likeness (QED) is 0.338. The predicted octanol–water partition coefficient (Wildman–Crippen LogP) is 6.61. The van der Waals surface area contributed by atoms with Crippen LogP contribution in [0, 0.1) is 0 Å². The molecule has 4 N–H and O–H groups in total. The maximum atomic E-state index is 5.88. The molecule has 0 bridgehead atoms. The highest BCUT2D eigenvalue weighted by atomic mass is 35.5. The molecule has 0 saturated carbocycles. The molecule has 0 aliphatic heterocycles. The predicted molar refractivity (Wildman–Crippen MR) is 129 cm³/mol. The number of halogens is 2. The van der Waals surface area contributed by atoms with Crippen LogP contribution >= 0.6 is 47.6 Å². The molecule has 0 saturated heterocycles. The average Bonchev–Trinajstić information content (AvgIpc) is 2.67. The Morgan fingerprint density at radius 2 is 0.679 bits per heavy atom. The number of anilines is 4. The van der Waals surface area contributed by atoms with Crippen molar-refractivity contribution in [2.75, 3.05) is 21.3 Å². The molecule has 8 heteroatoms. The molecule has 0 fully saturated rings. The van der Waals surface area contributed by atoms with Crippen LogP contribution in [0.5, 0.6) is 0 Å². The Hall–Kier alpha value is -2.38. The Balaban J connectivity index is 1.51. The summed E-state index contributed by atoms with van der Waals surface area (Å²) in [7, 11) is 0. The van der Waals surface area contributed by atoms with Crippen molar-refractivity contribution in [1.29, 1.82) is 0 Å². The van der Waals surface area contributed by atoms with Crippen LogP contribution in [0.2, 0.25) is 10.0 Å². The van der Waals surface area contributed by atoms with Crippen molar-refractivity contribution in [2.24, 2.45) is 0 Å². The first kappa shape index (κ1) is 20.4. The minimum atomic E-state index is 0.489. The first-order valence-electron chi connectivity index (χ1n) is 8.25. The van der Waals surface area contributed by atoms with E-state index < -0.39 is 0 Å². The van der Waals surface area contributed by atoms with Crippen LogP contribution in [0.1, 0.15) is 0 Å². The van der Waals surface area contributed by atoms with Crippen LogP contribution < -0.4 is 21.3 Å². The van der Waals surface area contributed by atoms with Crippen LogP contribution in [-0.2, 0) is 0 Å². The molecule has 0 aliphatic carbocycles. The maximum absolute atomic E-state index is 5.88. The number of rotatable bonds is 4. The second-order valence-corrected chi connectivity index (χ2v) is 7.44. The summed E-state index contributed by atoms with van der Waals surface area (Å²) < 4.78 is 0. The normalized spacial score (nSPS) is 10.1. The van der Waals surface area contributed by atoms with E-state index in [0.29, 0.717) is 20.3 Å². The fraction of sp³-hybridized carbons (Fsp3) is 0. The van der Waals surface area contributed by atoms with E-state index in [1.165, 1.54) is 0 Å². The van der Waals surface area contributed by atoms with E-state index >= 15 is 0 Å². The minimum Gasteiger partial charge on any atom is -0.332 e. The van der Waals surface area contributed by atoms with Gasteiger partial charge < -0.3 is 21.3 Å². The van der Waals surface area contributed by atoms with Gasteiger partial charge in [-0.1, -0.05) is 23.2 Å². The maximum Gasteiger partial charge on any atom is 0.175 e. The van der Waals surface area contributed by atoms with Crippen molar-refractivity contribution in [2.45, 2.75) is 0 Å². The first-order valence-corrected chi connectivity index (χ1v) is 9.82. The van der Waals surface area contributed by atoms with Crippen molar-refractivity contribution in [3.8, 4) is 0 Å². The SMILES string of the molecule is S=C(Nc1ccc(Cl)cc1)Nc1ccc(NC(=S)Nc2ccc(Cl)cc2)cc1. The van der Waals surface area contributed by atoms with E-state index in [1.54, 1.807) is 24.3 Å². The summed E-state index contributed by atoms with van der Waals surface area (Å²) in [5.41, 5.74) is 3.43. The van der Waals surface area contributed by atoms with Gasteiger partial charge >= 0.3 is 0 Å². The number of nitrogens with one attached hydrogen (secondary N) is 4. The molecule has 0 aromatic heterocycles. The zero-order chi connectivity index (χ0) is 19.9. The van der Waals surface area contributed by atoms with Gasteiger partial charge in [-0.05, 0) is 97.2 Å². The van der Waals surface area contributed by atoms with Gasteiger partial charge in [-0.25, -0.2) is 0 Å². The van der Waals surface area contributed by atoms with Gasteiger partial charge in [0.05, 0.1) is 0 Å². The fourth-order valence-corrected chi connectivity index (χ4v) is 3.01. The lowest BCUT2D eigenvalue weighted by Crippen LogP contribution is -2.20.